The Hall–Kier alpha value is -1.80. The van der Waals surface area contributed by atoms with Crippen LogP contribution in [0.5, 0.6) is 11.5 Å². The van der Waals surface area contributed by atoms with Gasteiger partial charge in [-0.15, -0.1) is 0 Å². The number of carbonyl (C=O) groups is 1. The maximum atomic E-state index is 11.7. The van der Waals surface area contributed by atoms with E-state index in [2.05, 4.69) is 10.0 Å². The average Bonchev–Trinajstić information content (AvgIpc) is 2.46. The highest BCUT2D eigenvalue weighted by Gasteiger charge is 2.10. The van der Waals surface area contributed by atoms with Crippen molar-refractivity contribution in [3.8, 4) is 11.5 Å². The van der Waals surface area contributed by atoms with Gasteiger partial charge in [-0.25, -0.2) is 13.1 Å². The van der Waals surface area contributed by atoms with Crippen LogP contribution in [0.2, 0.25) is 0 Å². The van der Waals surface area contributed by atoms with E-state index in [1.807, 2.05) is 0 Å². The molecule has 7 nitrogen and oxygen atoms in total. The summed E-state index contributed by atoms with van der Waals surface area (Å²) in [4.78, 5) is 11.7. The Balaban J connectivity index is 2.55. The molecule has 0 saturated heterocycles. The lowest BCUT2D eigenvalue weighted by Crippen LogP contribution is -2.33. The van der Waals surface area contributed by atoms with Gasteiger partial charge >= 0.3 is 0 Å². The molecule has 0 aliphatic rings. The highest BCUT2D eigenvalue weighted by molar-refractivity contribution is 7.89. The van der Waals surface area contributed by atoms with Gasteiger partial charge in [0.25, 0.3) is 0 Å². The van der Waals surface area contributed by atoms with Gasteiger partial charge in [0, 0.05) is 6.54 Å². The first-order valence-electron chi connectivity index (χ1n) is 6.30. The molecule has 0 fully saturated rings. The highest BCUT2D eigenvalue weighted by Crippen LogP contribution is 2.27. The Labute approximate surface area is 124 Å². The zero-order valence-electron chi connectivity index (χ0n) is 12.3. The van der Waals surface area contributed by atoms with Crippen molar-refractivity contribution < 1.29 is 22.7 Å². The normalized spacial score (nSPS) is 11.0. The number of nitrogens with one attached hydrogen (secondary N) is 2. The number of ether oxygens (including phenoxy) is 2. The van der Waals surface area contributed by atoms with Gasteiger partial charge in [0.1, 0.15) is 0 Å². The van der Waals surface area contributed by atoms with E-state index in [0.29, 0.717) is 11.5 Å². The van der Waals surface area contributed by atoms with E-state index in [4.69, 9.17) is 9.47 Å². The van der Waals surface area contributed by atoms with Crippen LogP contribution in [-0.2, 0) is 21.2 Å². The molecule has 2 N–H and O–H groups in total. The third-order valence-electron chi connectivity index (χ3n) is 2.82. The average molecular weight is 316 g/mol. The van der Waals surface area contributed by atoms with E-state index < -0.39 is 10.0 Å². The van der Waals surface area contributed by atoms with Gasteiger partial charge in [-0.2, -0.15) is 0 Å². The van der Waals surface area contributed by atoms with E-state index in [1.165, 1.54) is 21.3 Å². The molecule has 0 radical (unpaired) electrons. The Morgan fingerprint density at radius 1 is 1.19 bits per heavy atom. The summed E-state index contributed by atoms with van der Waals surface area (Å²) < 4.78 is 34.8. The third kappa shape index (κ3) is 5.60. The molecule has 118 valence electrons. The first-order valence-corrected chi connectivity index (χ1v) is 7.96. The van der Waals surface area contributed by atoms with Crippen molar-refractivity contribution in [2.45, 2.75) is 6.42 Å². The summed E-state index contributed by atoms with van der Waals surface area (Å²) in [6.45, 7) is 0.0648. The third-order valence-corrected chi connectivity index (χ3v) is 4.18. The summed E-state index contributed by atoms with van der Waals surface area (Å²) in [5.41, 5.74) is 0.752. The minimum Gasteiger partial charge on any atom is -0.493 e. The zero-order chi connectivity index (χ0) is 15.9. The standard InChI is InChI=1S/C13H20N2O5S/c1-14-21(17,18)7-6-15-13(16)9-10-4-5-11(19-2)12(8-10)20-3/h4-5,8,14H,6-7,9H2,1-3H3,(H,15,16). The molecular weight excluding hydrogens is 296 g/mol. The number of hydrogen-bond donors (Lipinski definition) is 2. The summed E-state index contributed by atoms with van der Waals surface area (Å²) in [7, 11) is 1.08. The van der Waals surface area contributed by atoms with Crippen LogP contribution in [0.25, 0.3) is 0 Å². The van der Waals surface area contributed by atoms with Crippen LogP contribution in [0.4, 0.5) is 0 Å². The van der Waals surface area contributed by atoms with Crippen molar-refractivity contribution in [3.63, 3.8) is 0 Å². The summed E-state index contributed by atoms with van der Waals surface area (Å²) in [5, 5.41) is 2.56. The molecule has 0 aliphatic heterocycles. The minimum atomic E-state index is -3.31. The second kappa shape index (κ2) is 7.84. The van der Waals surface area contributed by atoms with Gasteiger partial charge in [-0.3, -0.25) is 4.79 Å². The van der Waals surface area contributed by atoms with Crippen molar-refractivity contribution in [3.05, 3.63) is 23.8 Å². The van der Waals surface area contributed by atoms with Crippen LogP contribution in [0, 0.1) is 0 Å². The fraction of sp³-hybridized carbons (Fsp3) is 0.462. The van der Waals surface area contributed by atoms with Crippen molar-refractivity contribution in [2.75, 3.05) is 33.6 Å². The number of benzene rings is 1. The topological polar surface area (TPSA) is 93.7 Å². The zero-order valence-corrected chi connectivity index (χ0v) is 13.1. The molecule has 0 saturated carbocycles. The molecule has 0 aliphatic carbocycles. The molecule has 1 amide bonds. The van der Waals surface area contributed by atoms with Crippen LogP contribution in [-0.4, -0.2) is 47.9 Å². The predicted molar refractivity (Wildman–Crippen MR) is 79.1 cm³/mol. The van der Waals surface area contributed by atoms with Crippen LogP contribution in [0.15, 0.2) is 18.2 Å². The molecule has 0 heterocycles. The van der Waals surface area contributed by atoms with E-state index in [1.54, 1.807) is 18.2 Å². The van der Waals surface area contributed by atoms with Gasteiger partial charge in [0.15, 0.2) is 11.5 Å². The van der Waals surface area contributed by atoms with Gasteiger partial charge in [-0.1, -0.05) is 6.07 Å². The van der Waals surface area contributed by atoms with Crippen molar-refractivity contribution in [2.24, 2.45) is 0 Å². The van der Waals surface area contributed by atoms with Crippen molar-refractivity contribution in [1.82, 2.24) is 10.0 Å². The summed E-state index contributed by atoms with van der Waals surface area (Å²) in [5.74, 6) is 0.720. The lowest BCUT2D eigenvalue weighted by Gasteiger charge is -2.10. The molecule has 1 aromatic rings. The largest absolute Gasteiger partial charge is 0.493 e. The number of hydrogen-bond acceptors (Lipinski definition) is 5. The van der Waals surface area contributed by atoms with E-state index in [0.717, 1.165) is 5.56 Å². The summed E-state index contributed by atoms with van der Waals surface area (Å²) in [6.07, 6.45) is 0.139. The molecule has 0 bridgehead atoms. The van der Waals surface area contributed by atoms with Crippen molar-refractivity contribution in [1.29, 1.82) is 0 Å². The number of carbonyl (C=O) groups excluding carboxylic acids is 1. The first-order chi connectivity index (χ1) is 9.91. The molecular formula is C13H20N2O5S. The minimum absolute atomic E-state index is 0.0648. The van der Waals surface area contributed by atoms with E-state index in [-0.39, 0.29) is 24.6 Å². The number of sulfonamides is 1. The molecule has 0 spiro atoms. The smallest absolute Gasteiger partial charge is 0.224 e. The maximum Gasteiger partial charge on any atom is 0.224 e. The Morgan fingerprint density at radius 2 is 1.86 bits per heavy atom. The van der Waals surface area contributed by atoms with Crippen LogP contribution < -0.4 is 19.5 Å². The lowest BCUT2D eigenvalue weighted by atomic mass is 10.1. The van der Waals surface area contributed by atoms with E-state index >= 15 is 0 Å². The molecule has 1 rings (SSSR count). The van der Waals surface area contributed by atoms with Gasteiger partial charge in [-0.05, 0) is 24.7 Å². The van der Waals surface area contributed by atoms with Crippen LogP contribution in [0.3, 0.4) is 0 Å². The molecule has 1 aromatic carbocycles. The van der Waals surface area contributed by atoms with Crippen LogP contribution in [0.1, 0.15) is 5.56 Å². The Morgan fingerprint density at radius 3 is 2.43 bits per heavy atom. The number of rotatable bonds is 8. The number of amides is 1. The van der Waals surface area contributed by atoms with Gasteiger partial charge < -0.3 is 14.8 Å². The molecule has 8 heteroatoms. The molecule has 21 heavy (non-hydrogen) atoms. The second-order valence-corrected chi connectivity index (χ2v) is 6.29. The monoisotopic (exact) mass is 316 g/mol. The summed E-state index contributed by atoms with van der Waals surface area (Å²) >= 11 is 0. The van der Waals surface area contributed by atoms with Gasteiger partial charge in [0.05, 0.1) is 26.4 Å². The fourth-order valence-corrected chi connectivity index (χ4v) is 2.24. The molecule has 0 aromatic heterocycles. The first kappa shape index (κ1) is 17.3. The quantitative estimate of drug-likeness (QED) is 0.699. The SMILES string of the molecule is CNS(=O)(=O)CCNC(=O)Cc1ccc(OC)c(OC)c1. The van der Waals surface area contributed by atoms with Crippen molar-refractivity contribution >= 4 is 15.9 Å². The van der Waals surface area contributed by atoms with Gasteiger partial charge in [0.2, 0.25) is 15.9 Å². The lowest BCUT2D eigenvalue weighted by molar-refractivity contribution is -0.120. The van der Waals surface area contributed by atoms with E-state index in [9.17, 15) is 13.2 Å². The molecule has 0 atom stereocenters. The second-order valence-electron chi connectivity index (χ2n) is 4.24. The Kier molecular flexibility index (Phi) is 6.44. The highest BCUT2D eigenvalue weighted by atomic mass is 32.2. The predicted octanol–water partition coefficient (Wildman–Crippen LogP) is -0.0883. The number of methoxy groups -OCH3 is 2. The Bertz CT molecular complexity index is 586. The maximum absolute atomic E-state index is 11.7. The van der Waals surface area contributed by atoms with Crippen LogP contribution >= 0.6 is 0 Å². The molecule has 0 unspecified atom stereocenters. The summed E-state index contributed by atoms with van der Waals surface area (Å²) in [6, 6.07) is 5.18. The fourth-order valence-electron chi connectivity index (χ4n) is 1.67.